The van der Waals surface area contributed by atoms with E-state index >= 15 is 0 Å². The maximum Gasteiger partial charge on any atom is 0.242 e. The minimum absolute atomic E-state index is 0.00301. The Bertz CT molecular complexity index is 349. The summed E-state index contributed by atoms with van der Waals surface area (Å²) in [6, 6.07) is -0.0856. The molecule has 1 atom stereocenters. The highest BCUT2D eigenvalue weighted by Crippen LogP contribution is 2.16. The Balaban J connectivity index is 2.50. The lowest BCUT2D eigenvalue weighted by molar-refractivity contribution is -0.122. The lowest BCUT2D eigenvalue weighted by atomic mass is 10.3. The number of rotatable bonds is 5. The van der Waals surface area contributed by atoms with Gasteiger partial charge in [-0.05, 0) is 27.2 Å². The molecule has 0 fully saturated rings. The highest BCUT2D eigenvalue weighted by Gasteiger charge is 2.14. The third kappa shape index (κ3) is 3.81. The molecule has 0 radical (unpaired) electrons. The first-order chi connectivity index (χ1) is 7.52. The summed E-state index contributed by atoms with van der Waals surface area (Å²) in [4.78, 5) is 16.0. The molecule has 16 heavy (non-hydrogen) atoms. The van der Waals surface area contributed by atoms with Gasteiger partial charge in [0.25, 0.3) is 0 Å². The summed E-state index contributed by atoms with van der Waals surface area (Å²) in [7, 11) is 0. The minimum atomic E-state index is -0.252. The summed E-state index contributed by atoms with van der Waals surface area (Å²) >= 11 is 1.54. The first kappa shape index (κ1) is 13.0. The van der Waals surface area contributed by atoms with Gasteiger partial charge in [0.15, 0.2) is 5.13 Å². The molecule has 2 N–H and O–H groups in total. The van der Waals surface area contributed by atoms with Gasteiger partial charge in [-0.25, -0.2) is 4.98 Å². The van der Waals surface area contributed by atoms with Gasteiger partial charge in [-0.1, -0.05) is 6.92 Å². The van der Waals surface area contributed by atoms with Crippen LogP contribution in [0.25, 0.3) is 0 Å². The molecule has 0 aliphatic carbocycles. The zero-order valence-corrected chi connectivity index (χ0v) is 11.0. The van der Waals surface area contributed by atoms with Crippen LogP contribution in [-0.2, 0) is 11.2 Å². The molecule has 1 aromatic heterocycles. The smallest absolute Gasteiger partial charge is 0.242 e. The number of amides is 1. The molecule has 1 heterocycles. The molecule has 0 spiro atoms. The topological polar surface area (TPSA) is 54.0 Å². The molecule has 1 unspecified atom stereocenters. The predicted molar refractivity (Wildman–Crippen MR) is 67.9 cm³/mol. The second kappa shape index (κ2) is 5.84. The second-order valence-corrected chi connectivity index (χ2v) is 4.88. The molecule has 90 valence electrons. The number of hydrogen-bond acceptors (Lipinski definition) is 4. The highest BCUT2D eigenvalue weighted by atomic mass is 32.1. The van der Waals surface area contributed by atoms with Crippen molar-refractivity contribution in [3.8, 4) is 0 Å². The van der Waals surface area contributed by atoms with Gasteiger partial charge in [0.2, 0.25) is 5.91 Å². The number of nitrogens with one attached hydrogen (secondary N) is 2. The molecule has 0 aliphatic heterocycles. The molecular weight excluding hydrogens is 222 g/mol. The normalized spacial score (nSPS) is 12.6. The van der Waals surface area contributed by atoms with E-state index in [1.165, 1.54) is 11.3 Å². The van der Waals surface area contributed by atoms with Crippen molar-refractivity contribution in [2.45, 2.75) is 46.2 Å². The van der Waals surface area contributed by atoms with Gasteiger partial charge in [-0.3, -0.25) is 4.79 Å². The summed E-state index contributed by atoms with van der Waals surface area (Å²) in [6.07, 6.45) is 0.921. The Hall–Kier alpha value is -1.10. The molecule has 0 aromatic carbocycles. The number of carbonyl (C=O) groups is 1. The minimum Gasteiger partial charge on any atom is -0.352 e. The first-order valence-corrected chi connectivity index (χ1v) is 6.42. The maximum atomic E-state index is 11.6. The zero-order chi connectivity index (χ0) is 12.1. The molecule has 0 saturated heterocycles. The predicted octanol–water partition coefficient (Wildman–Crippen LogP) is 2.03. The van der Waals surface area contributed by atoms with Crippen LogP contribution in [0.5, 0.6) is 0 Å². The Morgan fingerprint density at radius 2 is 2.19 bits per heavy atom. The monoisotopic (exact) mass is 241 g/mol. The highest BCUT2D eigenvalue weighted by molar-refractivity contribution is 7.13. The number of thiazole rings is 1. The number of nitrogens with zero attached hydrogens (tertiary/aromatic N) is 1. The summed E-state index contributed by atoms with van der Waals surface area (Å²) in [5, 5.41) is 8.77. The van der Waals surface area contributed by atoms with E-state index in [0.717, 1.165) is 17.2 Å². The Kier molecular flexibility index (Phi) is 4.73. The van der Waals surface area contributed by atoms with Gasteiger partial charge < -0.3 is 10.6 Å². The Morgan fingerprint density at radius 3 is 2.69 bits per heavy atom. The van der Waals surface area contributed by atoms with Gasteiger partial charge in [-0.2, -0.15) is 0 Å². The zero-order valence-electron chi connectivity index (χ0n) is 10.2. The fraction of sp³-hybridized carbons (Fsp3) is 0.636. The summed E-state index contributed by atoms with van der Waals surface area (Å²) in [5.41, 5.74) is 1.06. The quantitative estimate of drug-likeness (QED) is 0.829. The van der Waals surface area contributed by atoms with Crippen LogP contribution in [0.2, 0.25) is 0 Å². The van der Waals surface area contributed by atoms with Gasteiger partial charge in [0.1, 0.15) is 6.04 Å². The van der Waals surface area contributed by atoms with E-state index in [2.05, 4.69) is 22.5 Å². The van der Waals surface area contributed by atoms with Crippen LogP contribution in [0.3, 0.4) is 0 Å². The molecule has 1 rings (SSSR count). The molecule has 0 bridgehead atoms. The molecule has 4 nitrogen and oxygen atoms in total. The third-order valence-corrected chi connectivity index (χ3v) is 2.90. The second-order valence-electron chi connectivity index (χ2n) is 4.03. The van der Waals surface area contributed by atoms with Crippen molar-refractivity contribution in [3.63, 3.8) is 0 Å². The van der Waals surface area contributed by atoms with Crippen LogP contribution in [0.4, 0.5) is 5.13 Å². The van der Waals surface area contributed by atoms with E-state index in [0.29, 0.717) is 0 Å². The first-order valence-electron chi connectivity index (χ1n) is 5.54. The van der Waals surface area contributed by atoms with Gasteiger partial charge in [-0.15, -0.1) is 11.3 Å². The molecule has 1 aromatic rings. The number of aromatic nitrogens is 1. The van der Waals surface area contributed by atoms with Crippen molar-refractivity contribution in [1.82, 2.24) is 10.3 Å². The number of anilines is 1. The van der Waals surface area contributed by atoms with E-state index in [1.54, 1.807) is 0 Å². The van der Waals surface area contributed by atoms with E-state index in [4.69, 9.17) is 0 Å². The Morgan fingerprint density at radius 1 is 1.50 bits per heavy atom. The maximum absolute atomic E-state index is 11.6. The van der Waals surface area contributed by atoms with Crippen molar-refractivity contribution in [3.05, 3.63) is 11.1 Å². The average Bonchev–Trinajstić information content (AvgIpc) is 2.64. The average molecular weight is 241 g/mol. The summed E-state index contributed by atoms with van der Waals surface area (Å²) < 4.78 is 0. The number of aryl methyl sites for hydroxylation is 1. The van der Waals surface area contributed by atoms with Crippen LogP contribution < -0.4 is 10.6 Å². The van der Waals surface area contributed by atoms with Crippen LogP contribution in [-0.4, -0.2) is 23.0 Å². The van der Waals surface area contributed by atoms with Crippen LogP contribution >= 0.6 is 11.3 Å². The van der Waals surface area contributed by atoms with Crippen LogP contribution in [0.15, 0.2) is 5.38 Å². The van der Waals surface area contributed by atoms with Crippen LogP contribution in [0.1, 0.15) is 33.4 Å². The van der Waals surface area contributed by atoms with Crippen molar-refractivity contribution < 1.29 is 4.79 Å². The van der Waals surface area contributed by atoms with E-state index < -0.39 is 0 Å². The summed E-state index contributed by atoms with van der Waals surface area (Å²) in [6.45, 7) is 7.80. The van der Waals surface area contributed by atoms with Crippen molar-refractivity contribution in [2.75, 3.05) is 5.32 Å². The lowest BCUT2D eigenvalue weighted by Gasteiger charge is -2.15. The van der Waals surface area contributed by atoms with Crippen molar-refractivity contribution >= 4 is 22.4 Å². The third-order valence-electron chi connectivity index (χ3n) is 2.08. The van der Waals surface area contributed by atoms with Crippen molar-refractivity contribution in [1.29, 1.82) is 0 Å². The molecule has 5 heteroatoms. The Labute approximate surface area is 100 Å². The summed E-state index contributed by atoms with van der Waals surface area (Å²) in [5.74, 6) is 0.00301. The number of carbonyl (C=O) groups excluding carboxylic acids is 1. The standard InChI is InChI=1S/C11H19N3OS/c1-5-9-6-16-11(14-9)13-8(4)10(15)12-7(2)3/h6-8H,5H2,1-4H3,(H,12,15)(H,13,14). The molecular formula is C11H19N3OS. The van der Waals surface area contributed by atoms with E-state index in [-0.39, 0.29) is 18.0 Å². The van der Waals surface area contributed by atoms with E-state index in [1.807, 2.05) is 26.2 Å². The van der Waals surface area contributed by atoms with Gasteiger partial charge in [0.05, 0.1) is 5.69 Å². The van der Waals surface area contributed by atoms with Gasteiger partial charge >= 0.3 is 0 Å². The fourth-order valence-electron chi connectivity index (χ4n) is 1.20. The lowest BCUT2D eigenvalue weighted by Crippen LogP contribution is -2.40. The molecule has 0 aliphatic rings. The number of hydrogen-bond donors (Lipinski definition) is 2. The van der Waals surface area contributed by atoms with Crippen molar-refractivity contribution in [2.24, 2.45) is 0 Å². The van der Waals surface area contributed by atoms with Crippen LogP contribution in [0, 0.1) is 0 Å². The molecule has 1 amide bonds. The van der Waals surface area contributed by atoms with Gasteiger partial charge in [0, 0.05) is 11.4 Å². The SMILES string of the molecule is CCc1csc(NC(C)C(=O)NC(C)C)n1. The molecule has 0 saturated carbocycles. The largest absolute Gasteiger partial charge is 0.352 e. The van der Waals surface area contributed by atoms with E-state index in [9.17, 15) is 4.79 Å². The fourth-order valence-corrected chi connectivity index (χ4v) is 2.08.